The first kappa shape index (κ1) is 19.7. The average Bonchev–Trinajstić information content (AvgIpc) is 3.14. The highest BCUT2D eigenvalue weighted by Crippen LogP contribution is 2.48. The standard InChI is InChI=1S/C24H26N6O2/c1-27-15-3-4-18-13(6-15)2-5-20(18)30-17-9-22(24(30)32)28(11-17)12-19(26)23(31)29-16(10-25)7-14-8-21(14)29/h3-4,6,14,16-17,19-22H,2,5,7-9,11-12,26H2/t14-,16+,17-,19+,20+,21?,22-/m1/s1. The molecule has 3 heterocycles. The molecule has 2 aliphatic carbocycles. The second kappa shape index (κ2) is 7.03. The van der Waals surface area contributed by atoms with Crippen molar-refractivity contribution in [3.63, 3.8) is 0 Å². The quantitative estimate of drug-likeness (QED) is 0.727. The molecular formula is C24H26N6O2. The molecule has 164 valence electrons. The highest BCUT2D eigenvalue weighted by molar-refractivity contribution is 5.87. The molecule has 2 N–H and O–H groups in total. The van der Waals surface area contributed by atoms with E-state index in [0.29, 0.717) is 18.2 Å². The normalized spacial score (nSPS) is 35.4. The van der Waals surface area contributed by atoms with Gasteiger partial charge in [-0.2, -0.15) is 5.26 Å². The maximum absolute atomic E-state index is 13.3. The van der Waals surface area contributed by atoms with Crippen molar-refractivity contribution in [2.45, 2.75) is 68.4 Å². The summed E-state index contributed by atoms with van der Waals surface area (Å²) in [6, 6.07) is 7.20. The number of amides is 2. The van der Waals surface area contributed by atoms with Gasteiger partial charge in [0.05, 0.1) is 30.8 Å². The summed E-state index contributed by atoms with van der Waals surface area (Å²) in [4.78, 5) is 35.7. The first-order valence-corrected chi connectivity index (χ1v) is 11.5. The summed E-state index contributed by atoms with van der Waals surface area (Å²) in [5, 5.41) is 9.38. The molecule has 1 unspecified atom stereocenters. The van der Waals surface area contributed by atoms with Gasteiger partial charge >= 0.3 is 0 Å². The summed E-state index contributed by atoms with van der Waals surface area (Å²) in [6.07, 6.45) is 4.32. The van der Waals surface area contributed by atoms with Gasteiger partial charge in [0.2, 0.25) is 11.8 Å². The molecule has 5 aliphatic rings. The van der Waals surface area contributed by atoms with Gasteiger partial charge in [-0.3, -0.25) is 14.5 Å². The van der Waals surface area contributed by atoms with Gasteiger partial charge in [0, 0.05) is 25.2 Å². The number of aryl methyl sites for hydroxylation is 1. The van der Waals surface area contributed by atoms with Gasteiger partial charge < -0.3 is 15.5 Å². The van der Waals surface area contributed by atoms with Crippen LogP contribution < -0.4 is 5.73 Å². The number of nitrogens with two attached hydrogens (primary N) is 1. The molecule has 0 spiro atoms. The first-order valence-electron chi connectivity index (χ1n) is 11.5. The molecule has 4 fully saturated rings. The zero-order valence-electron chi connectivity index (χ0n) is 17.9. The number of fused-ring (bicyclic) bond motifs is 4. The minimum atomic E-state index is -0.704. The fourth-order valence-electron chi connectivity index (χ4n) is 6.65. The summed E-state index contributed by atoms with van der Waals surface area (Å²) >= 11 is 0. The zero-order valence-corrected chi connectivity index (χ0v) is 17.9. The first-order chi connectivity index (χ1) is 15.5. The predicted octanol–water partition coefficient (Wildman–Crippen LogP) is 1.35. The molecule has 1 aromatic carbocycles. The van der Waals surface area contributed by atoms with E-state index < -0.39 is 6.04 Å². The Morgan fingerprint density at radius 2 is 2.16 bits per heavy atom. The number of piperidine rings is 1. The molecule has 2 bridgehead atoms. The summed E-state index contributed by atoms with van der Waals surface area (Å²) < 4.78 is 0. The van der Waals surface area contributed by atoms with Gasteiger partial charge in [0.15, 0.2) is 5.69 Å². The summed E-state index contributed by atoms with van der Waals surface area (Å²) in [6.45, 7) is 8.32. The number of nitrogens with zero attached hydrogens (tertiary/aromatic N) is 5. The predicted molar refractivity (Wildman–Crippen MR) is 115 cm³/mol. The lowest BCUT2D eigenvalue weighted by molar-refractivity contribution is -0.141. The monoisotopic (exact) mass is 430 g/mol. The third-order valence-corrected chi connectivity index (χ3v) is 8.21. The van der Waals surface area contributed by atoms with Crippen molar-refractivity contribution in [1.82, 2.24) is 14.7 Å². The topological polar surface area (TPSA) is 98.0 Å². The summed E-state index contributed by atoms with van der Waals surface area (Å²) in [5.41, 5.74) is 9.31. The Hall–Kier alpha value is -2.94. The van der Waals surface area contributed by atoms with E-state index in [0.717, 1.165) is 38.6 Å². The van der Waals surface area contributed by atoms with Crippen LogP contribution in [0.5, 0.6) is 0 Å². The van der Waals surface area contributed by atoms with Crippen molar-refractivity contribution >= 4 is 17.5 Å². The number of hydrogen-bond acceptors (Lipinski definition) is 5. The van der Waals surface area contributed by atoms with E-state index in [-0.39, 0.29) is 42.0 Å². The second-order valence-corrected chi connectivity index (χ2v) is 9.95. The molecule has 0 radical (unpaired) electrons. The second-order valence-electron chi connectivity index (χ2n) is 9.95. The van der Waals surface area contributed by atoms with Gasteiger partial charge in [-0.25, -0.2) is 4.85 Å². The van der Waals surface area contributed by atoms with Crippen molar-refractivity contribution in [3.8, 4) is 6.07 Å². The van der Waals surface area contributed by atoms with Crippen LogP contribution in [0, 0.1) is 23.8 Å². The molecule has 2 amide bonds. The van der Waals surface area contributed by atoms with Crippen molar-refractivity contribution in [2.24, 2.45) is 11.7 Å². The van der Waals surface area contributed by atoms with E-state index in [9.17, 15) is 14.9 Å². The molecule has 0 aromatic heterocycles. The minimum Gasteiger partial charge on any atom is -0.330 e. The number of rotatable bonds is 4. The van der Waals surface area contributed by atoms with Crippen LogP contribution in [0.3, 0.4) is 0 Å². The number of carbonyl (C=O) groups excluding carboxylic acids is 2. The molecule has 1 saturated carbocycles. The van der Waals surface area contributed by atoms with Crippen LogP contribution in [0.2, 0.25) is 0 Å². The fraction of sp³-hybridized carbons (Fsp3) is 0.583. The van der Waals surface area contributed by atoms with E-state index >= 15 is 0 Å². The largest absolute Gasteiger partial charge is 0.330 e. The Kier molecular flexibility index (Phi) is 4.33. The van der Waals surface area contributed by atoms with Crippen LogP contribution in [-0.2, 0) is 16.0 Å². The third kappa shape index (κ3) is 2.80. The average molecular weight is 431 g/mol. The lowest BCUT2D eigenvalue weighted by Crippen LogP contribution is -2.57. The number of benzene rings is 1. The SMILES string of the molecule is [C-]#[N+]c1ccc2c(c1)CC[C@@H]2N1C(=O)[C@H]2C[C@@H]1CN2C[C@H](N)C(=O)N1C2C[C@H]2C[C@H]1C#N. The highest BCUT2D eigenvalue weighted by atomic mass is 16.2. The van der Waals surface area contributed by atoms with Crippen molar-refractivity contribution in [1.29, 1.82) is 5.26 Å². The van der Waals surface area contributed by atoms with Crippen LogP contribution in [-0.4, -0.2) is 69.8 Å². The summed E-state index contributed by atoms with van der Waals surface area (Å²) in [7, 11) is 0. The highest BCUT2D eigenvalue weighted by Gasteiger charge is 2.56. The van der Waals surface area contributed by atoms with E-state index in [2.05, 4.69) is 20.7 Å². The molecule has 32 heavy (non-hydrogen) atoms. The number of nitriles is 1. The minimum absolute atomic E-state index is 0.0810. The maximum atomic E-state index is 13.3. The summed E-state index contributed by atoms with van der Waals surface area (Å²) in [5.74, 6) is 0.453. The zero-order chi connectivity index (χ0) is 22.1. The maximum Gasteiger partial charge on any atom is 0.242 e. The van der Waals surface area contributed by atoms with E-state index in [4.69, 9.17) is 12.3 Å². The number of piperazine rings is 1. The molecule has 8 heteroatoms. The number of carbonyl (C=O) groups is 2. The lowest BCUT2D eigenvalue weighted by atomic mass is 10.0. The Morgan fingerprint density at radius 3 is 2.91 bits per heavy atom. The third-order valence-electron chi connectivity index (χ3n) is 8.21. The van der Waals surface area contributed by atoms with Crippen molar-refractivity contribution < 1.29 is 9.59 Å². The Bertz CT molecular complexity index is 1090. The Balaban J connectivity index is 1.13. The van der Waals surface area contributed by atoms with Crippen molar-refractivity contribution in [2.75, 3.05) is 13.1 Å². The number of likely N-dealkylation sites (tertiary alicyclic amines) is 3. The Morgan fingerprint density at radius 1 is 1.31 bits per heavy atom. The Labute approximate surface area is 187 Å². The van der Waals surface area contributed by atoms with Gasteiger partial charge in [-0.15, -0.1) is 0 Å². The lowest BCUT2D eigenvalue weighted by Gasteiger charge is -2.38. The van der Waals surface area contributed by atoms with Gasteiger partial charge in [0.25, 0.3) is 0 Å². The van der Waals surface area contributed by atoms with Crippen LogP contribution in [0.4, 0.5) is 5.69 Å². The van der Waals surface area contributed by atoms with E-state index in [1.807, 2.05) is 18.2 Å². The van der Waals surface area contributed by atoms with Crippen LogP contribution >= 0.6 is 0 Å². The molecule has 3 aliphatic heterocycles. The molecule has 6 rings (SSSR count). The molecular weight excluding hydrogens is 404 g/mol. The van der Waals surface area contributed by atoms with Gasteiger partial charge in [-0.05, 0) is 43.6 Å². The smallest absolute Gasteiger partial charge is 0.242 e. The molecule has 3 saturated heterocycles. The van der Waals surface area contributed by atoms with E-state index in [1.165, 1.54) is 11.1 Å². The number of hydrogen-bond donors (Lipinski definition) is 1. The van der Waals surface area contributed by atoms with Crippen LogP contribution in [0.25, 0.3) is 4.85 Å². The van der Waals surface area contributed by atoms with Crippen LogP contribution in [0.15, 0.2) is 18.2 Å². The van der Waals surface area contributed by atoms with Gasteiger partial charge in [0.1, 0.15) is 6.04 Å². The molecule has 8 nitrogen and oxygen atoms in total. The fourth-order valence-corrected chi connectivity index (χ4v) is 6.65. The van der Waals surface area contributed by atoms with Crippen LogP contribution in [0.1, 0.15) is 42.9 Å². The molecule has 7 atom stereocenters. The van der Waals surface area contributed by atoms with E-state index in [1.54, 1.807) is 4.90 Å². The van der Waals surface area contributed by atoms with Crippen molar-refractivity contribution in [3.05, 3.63) is 40.7 Å². The molecule has 1 aromatic rings. The van der Waals surface area contributed by atoms with Gasteiger partial charge in [-0.1, -0.05) is 23.8 Å².